The molecule has 0 heteroatoms. The van der Waals surface area contributed by atoms with E-state index >= 15 is 0 Å². The van der Waals surface area contributed by atoms with Gasteiger partial charge in [-0.2, -0.15) is 0 Å². The average molecular weight is 246 g/mol. The molecule has 0 unspecified atom stereocenters. The molecule has 2 aromatic carbocycles. The first kappa shape index (κ1) is 11.0. The van der Waals surface area contributed by atoms with Crippen LogP contribution in [0.1, 0.15) is 24.0 Å². The fourth-order valence-electron chi connectivity index (χ4n) is 4.30. The third-order valence-electron chi connectivity index (χ3n) is 5.04. The number of fused-ring (bicyclic) bond motifs is 2. The predicted octanol–water partition coefficient (Wildman–Crippen LogP) is 4.57. The number of benzene rings is 2. The van der Waals surface area contributed by atoms with Crippen LogP contribution in [-0.4, -0.2) is 0 Å². The van der Waals surface area contributed by atoms with Gasteiger partial charge < -0.3 is 0 Å². The number of hydrogen-bond donors (Lipinski definition) is 0. The summed E-state index contributed by atoms with van der Waals surface area (Å²) in [6.45, 7) is 0. The molecule has 0 radical (unpaired) electrons. The normalized spacial score (nSPS) is 26.7. The van der Waals surface area contributed by atoms with E-state index in [-0.39, 0.29) is 5.41 Å². The molecule has 1 fully saturated rings. The first-order valence-electron chi connectivity index (χ1n) is 7.22. The van der Waals surface area contributed by atoms with Gasteiger partial charge in [-0.15, -0.1) is 0 Å². The quantitative estimate of drug-likeness (QED) is 0.681. The molecule has 0 heterocycles. The van der Waals surface area contributed by atoms with Crippen LogP contribution >= 0.6 is 0 Å². The maximum atomic E-state index is 2.45. The lowest BCUT2D eigenvalue weighted by molar-refractivity contribution is 0.413. The van der Waals surface area contributed by atoms with Crippen LogP contribution in [0.2, 0.25) is 0 Å². The highest BCUT2D eigenvalue weighted by Crippen LogP contribution is 2.58. The SMILES string of the molecule is C1=C[C@H]2CC[C@@H]1C2(c1ccccc1)c1ccccc1. The van der Waals surface area contributed by atoms with Crippen LogP contribution in [0.25, 0.3) is 0 Å². The van der Waals surface area contributed by atoms with Crippen molar-refractivity contribution in [3.63, 3.8) is 0 Å². The molecule has 0 spiro atoms. The van der Waals surface area contributed by atoms with Gasteiger partial charge in [0.2, 0.25) is 0 Å². The number of allylic oxidation sites excluding steroid dienone is 2. The minimum absolute atomic E-state index is 0.197. The van der Waals surface area contributed by atoms with Gasteiger partial charge in [0.05, 0.1) is 0 Å². The van der Waals surface area contributed by atoms with Crippen LogP contribution in [0.4, 0.5) is 0 Å². The Morgan fingerprint density at radius 1 is 0.632 bits per heavy atom. The Bertz CT molecular complexity index is 539. The summed E-state index contributed by atoms with van der Waals surface area (Å²) in [6.07, 6.45) is 7.55. The Morgan fingerprint density at radius 2 is 1.05 bits per heavy atom. The Kier molecular flexibility index (Phi) is 2.38. The van der Waals surface area contributed by atoms with E-state index in [1.807, 2.05) is 0 Å². The summed E-state index contributed by atoms with van der Waals surface area (Å²) >= 11 is 0. The van der Waals surface area contributed by atoms with Gasteiger partial charge >= 0.3 is 0 Å². The largest absolute Gasteiger partial charge is 0.0838 e. The first-order chi connectivity index (χ1) is 9.42. The molecule has 2 aliphatic rings. The molecule has 2 bridgehead atoms. The highest BCUT2D eigenvalue weighted by atomic mass is 14.6. The summed E-state index contributed by atoms with van der Waals surface area (Å²) < 4.78 is 0. The van der Waals surface area contributed by atoms with Crippen molar-refractivity contribution in [1.82, 2.24) is 0 Å². The molecule has 0 nitrogen and oxygen atoms in total. The molecule has 0 aromatic heterocycles. The lowest BCUT2D eigenvalue weighted by Crippen LogP contribution is -2.33. The fraction of sp³-hybridized carbons (Fsp3) is 0.263. The molecule has 0 aliphatic heterocycles. The molecule has 0 saturated heterocycles. The lowest BCUT2D eigenvalue weighted by Gasteiger charge is -2.36. The Hall–Kier alpha value is -1.82. The summed E-state index contributed by atoms with van der Waals surface area (Å²) in [5, 5.41) is 0. The minimum Gasteiger partial charge on any atom is -0.0838 e. The molecule has 2 atom stereocenters. The molecule has 4 rings (SSSR count). The van der Waals surface area contributed by atoms with Gasteiger partial charge in [0.15, 0.2) is 0 Å². The van der Waals surface area contributed by atoms with Crippen LogP contribution in [0.3, 0.4) is 0 Å². The van der Waals surface area contributed by atoms with E-state index in [1.165, 1.54) is 24.0 Å². The van der Waals surface area contributed by atoms with Crippen molar-refractivity contribution in [3.8, 4) is 0 Å². The Labute approximate surface area is 114 Å². The fourth-order valence-corrected chi connectivity index (χ4v) is 4.30. The number of hydrogen-bond acceptors (Lipinski definition) is 0. The van der Waals surface area contributed by atoms with Crippen LogP contribution < -0.4 is 0 Å². The smallest absolute Gasteiger partial charge is 0.0327 e. The van der Waals surface area contributed by atoms with Crippen LogP contribution in [0.15, 0.2) is 72.8 Å². The standard InChI is InChI=1S/C19H18/c1-3-7-15(8-4-1)19(16-9-5-2-6-10-16)17-11-12-18(19)14-13-17/h1-12,17-18H,13-14H2/t17-,18+. The minimum atomic E-state index is 0.197. The van der Waals surface area contributed by atoms with Gasteiger partial charge in [0.25, 0.3) is 0 Å². The third-order valence-corrected chi connectivity index (χ3v) is 5.04. The summed E-state index contributed by atoms with van der Waals surface area (Å²) in [5.41, 5.74) is 3.17. The maximum Gasteiger partial charge on any atom is 0.0327 e. The third kappa shape index (κ3) is 1.40. The van der Waals surface area contributed by atoms with Gasteiger partial charge in [-0.05, 0) is 35.8 Å². The average Bonchev–Trinajstić information content (AvgIpc) is 3.05. The van der Waals surface area contributed by atoms with E-state index < -0.39 is 0 Å². The van der Waals surface area contributed by atoms with Crippen LogP contribution in [0.5, 0.6) is 0 Å². The molecule has 1 saturated carbocycles. The summed E-state index contributed by atoms with van der Waals surface area (Å²) in [6, 6.07) is 22.2. The van der Waals surface area contributed by atoms with Crippen molar-refractivity contribution in [3.05, 3.63) is 83.9 Å². The lowest BCUT2D eigenvalue weighted by atomic mass is 9.66. The zero-order chi connectivity index (χ0) is 12.7. The molecule has 0 amide bonds. The van der Waals surface area contributed by atoms with Crippen molar-refractivity contribution in [2.75, 3.05) is 0 Å². The van der Waals surface area contributed by atoms with E-state index in [2.05, 4.69) is 72.8 Å². The zero-order valence-electron chi connectivity index (χ0n) is 11.0. The molecule has 2 aromatic rings. The highest BCUT2D eigenvalue weighted by molar-refractivity contribution is 5.48. The second-order valence-electron chi connectivity index (χ2n) is 5.78. The van der Waals surface area contributed by atoms with Crippen molar-refractivity contribution in [2.24, 2.45) is 11.8 Å². The van der Waals surface area contributed by atoms with E-state index in [9.17, 15) is 0 Å². The molecular weight excluding hydrogens is 228 g/mol. The zero-order valence-corrected chi connectivity index (χ0v) is 11.0. The predicted molar refractivity (Wildman–Crippen MR) is 79.0 cm³/mol. The van der Waals surface area contributed by atoms with Gasteiger partial charge in [-0.25, -0.2) is 0 Å². The molecular formula is C19H18. The summed E-state index contributed by atoms with van der Waals surface area (Å²) in [4.78, 5) is 0. The molecule has 94 valence electrons. The van der Waals surface area contributed by atoms with Crippen molar-refractivity contribution < 1.29 is 0 Å². The molecule has 0 N–H and O–H groups in total. The van der Waals surface area contributed by atoms with Gasteiger partial charge in [-0.3, -0.25) is 0 Å². The van der Waals surface area contributed by atoms with Crippen molar-refractivity contribution >= 4 is 0 Å². The molecule has 2 aliphatic carbocycles. The van der Waals surface area contributed by atoms with Gasteiger partial charge in [0.1, 0.15) is 0 Å². The maximum absolute atomic E-state index is 2.45. The number of rotatable bonds is 2. The van der Waals surface area contributed by atoms with Crippen LogP contribution in [-0.2, 0) is 5.41 Å². The van der Waals surface area contributed by atoms with Crippen LogP contribution in [0, 0.1) is 11.8 Å². The first-order valence-corrected chi connectivity index (χ1v) is 7.22. The second-order valence-corrected chi connectivity index (χ2v) is 5.78. The van der Waals surface area contributed by atoms with Gasteiger partial charge in [0, 0.05) is 5.41 Å². The molecule has 19 heavy (non-hydrogen) atoms. The van der Waals surface area contributed by atoms with Gasteiger partial charge in [-0.1, -0.05) is 72.8 Å². The Balaban J connectivity index is 1.96. The Morgan fingerprint density at radius 3 is 1.42 bits per heavy atom. The summed E-state index contributed by atoms with van der Waals surface area (Å²) in [5.74, 6) is 1.34. The topological polar surface area (TPSA) is 0 Å². The van der Waals surface area contributed by atoms with E-state index in [0.29, 0.717) is 11.8 Å². The second kappa shape index (κ2) is 4.09. The van der Waals surface area contributed by atoms with E-state index in [0.717, 1.165) is 0 Å². The van der Waals surface area contributed by atoms with E-state index in [1.54, 1.807) is 0 Å². The van der Waals surface area contributed by atoms with Crippen molar-refractivity contribution in [1.29, 1.82) is 0 Å². The summed E-state index contributed by atoms with van der Waals surface area (Å²) in [7, 11) is 0. The monoisotopic (exact) mass is 246 g/mol. The highest BCUT2D eigenvalue weighted by Gasteiger charge is 2.53. The van der Waals surface area contributed by atoms with Crippen molar-refractivity contribution in [2.45, 2.75) is 18.3 Å². The van der Waals surface area contributed by atoms with E-state index in [4.69, 9.17) is 0 Å².